The van der Waals surface area contributed by atoms with Crippen molar-refractivity contribution < 1.29 is 22.0 Å². The van der Waals surface area contributed by atoms with E-state index in [1.54, 1.807) is 0 Å². The molecule has 11 heavy (non-hydrogen) atoms. The summed E-state index contributed by atoms with van der Waals surface area (Å²) >= 11 is 12.0. The van der Waals surface area contributed by atoms with E-state index >= 15 is 0 Å². The van der Waals surface area contributed by atoms with Gasteiger partial charge in [-0.05, 0) is 34.8 Å². The van der Waals surface area contributed by atoms with Gasteiger partial charge in [-0.1, -0.05) is 0 Å². The predicted molar refractivity (Wildman–Crippen MR) is 32.9 cm³/mol. The van der Waals surface area contributed by atoms with E-state index in [9.17, 15) is 22.0 Å². The predicted octanol–water partition coefficient (Wildman–Crippen LogP) is 4.27. The van der Waals surface area contributed by atoms with Crippen LogP contribution in [0.5, 0.6) is 0 Å². The van der Waals surface area contributed by atoms with Gasteiger partial charge in [0, 0.05) is 0 Å². The van der Waals surface area contributed by atoms with E-state index in [1.165, 1.54) is 0 Å². The summed E-state index contributed by atoms with van der Waals surface area (Å²) in [6.45, 7) is 0. The van der Waals surface area contributed by atoms with Crippen LogP contribution in [-0.4, -0.2) is 4.84 Å². The van der Waals surface area contributed by atoms with E-state index in [1.807, 2.05) is 0 Å². The van der Waals surface area contributed by atoms with Gasteiger partial charge in [-0.25, -0.2) is 0 Å². The van der Waals surface area contributed by atoms with Crippen LogP contribution in [0.1, 0.15) is 0 Å². The van der Waals surface area contributed by atoms with Crippen molar-refractivity contribution in [2.75, 3.05) is 0 Å². The Morgan fingerprint density at radius 3 is 1.09 bits per heavy atom. The molecule has 0 rings (SSSR count). The lowest BCUT2D eigenvalue weighted by Gasteiger charge is -1.87. The highest BCUT2D eigenvalue weighted by Crippen LogP contribution is 2.22. The Bertz CT molecular complexity index is 114. The quantitative estimate of drug-likeness (QED) is 0.436. The smallest absolute Gasteiger partial charge is 0.188 e. The second-order valence-electron chi connectivity index (χ2n) is 0.949. The van der Waals surface area contributed by atoms with Crippen molar-refractivity contribution >= 4 is 34.8 Å². The monoisotopic (exact) mass is 236 g/mol. The number of rotatable bonds is 0. The van der Waals surface area contributed by atoms with Crippen LogP contribution in [0.2, 0.25) is 0 Å². The maximum absolute atomic E-state index is 10.7. The second-order valence-corrected chi connectivity index (χ2v) is 2.42. The Labute approximate surface area is 73.5 Å². The molecule has 0 N–H and O–H groups in total. The Balaban J connectivity index is 0. The summed E-state index contributed by atoms with van der Waals surface area (Å²) in [4.78, 5) is -3.56. The molecule has 0 saturated heterocycles. The van der Waals surface area contributed by atoms with Gasteiger partial charge in [-0.15, -0.1) is 0 Å². The van der Waals surface area contributed by atoms with Crippen LogP contribution in [-0.2, 0) is 0 Å². The molecule has 0 spiro atoms. The third kappa shape index (κ3) is 38.6. The van der Waals surface area contributed by atoms with Gasteiger partial charge in [-0.2, -0.15) is 22.0 Å². The van der Waals surface area contributed by atoms with Crippen LogP contribution in [0.3, 0.4) is 0 Å². The van der Waals surface area contributed by atoms with Gasteiger partial charge in [0.1, 0.15) is 0 Å². The molecule has 0 heterocycles. The third-order valence-corrected chi connectivity index (χ3v) is 0.286. The fourth-order valence-corrected chi connectivity index (χ4v) is 0. The molecule has 68 valence electrons. The van der Waals surface area contributed by atoms with Gasteiger partial charge in [0.25, 0.3) is 5.29 Å². The lowest BCUT2D eigenvalue weighted by molar-refractivity contribution is 0.194. The van der Waals surface area contributed by atoms with Crippen LogP contribution in [0.15, 0.2) is 11.4 Å². The van der Waals surface area contributed by atoms with Crippen LogP contribution in [0, 0.1) is 0 Å². The first-order valence-electron chi connectivity index (χ1n) is 1.76. The summed E-state index contributed by atoms with van der Waals surface area (Å²) in [5.41, 5.74) is 0. The van der Waals surface area contributed by atoms with E-state index < -0.39 is 16.2 Å². The Morgan fingerprint density at radius 2 is 1.09 bits per heavy atom. The fourth-order valence-electron chi connectivity index (χ4n) is 0. The lowest BCUT2D eigenvalue weighted by Crippen LogP contribution is -1.86. The minimum absolute atomic E-state index is 1.94. The number of halogens is 8. The van der Waals surface area contributed by atoms with Crippen molar-refractivity contribution in [2.45, 2.75) is 4.84 Å². The van der Waals surface area contributed by atoms with Gasteiger partial charge < -0.3 is 0 Å². The highest BCUT2D eigenvalue weighted by atomic mass is 35.5. The van der Waals surface area contributed by atoms with Crippen molar-refractivity contribution in [1.82, 2.24) is 0 Å². The first-order valence-corrected chi connectivity index (χ1v) is 2.90. The molecule has 0 aliphatic heterocycles. The zero-order valence-electron chi connectivity index (χ0n) is 4.52. The van der Waals surface area contributed by atoms with Gasteiger partial charge in [-0.3, -0.25) is 0 Å². The van der Waals surface area contributed by atoms with Crippen LogP contribution in [0.25, 0.3) is 0 Å². The molecule has 0 aliphatic rings. The Morgan fingerprint density at radius 1 is 1.00 bits per heavy atom. The molecule has 8 heteroatoms. The van der Waals surface area contributed by atoms with Crippen LogP contribution >= 0.6 is 34.8 Å². The van der Waals surface area contributed by atoms with E-state index in [0.717, 1.165) is 0 Å². The Kier molecular flexibility index (Phi) is 7.36. The average molecular weight is 237 g/mol. The van der Waals surface area contributed by atoms with E-state index in [2.05, 4.69) is 34.8 Å². The second kappa shape index (κ2) is 5.85. The number of hydrogen-bond acceptors (Lipinski definition) is 0. The van der Waals surface area contributed by atoms with Crippen molar-refractivity contribution in [2.24, 2.45) is 0 Å². The Hall–Kier alpha value is 0.260. The van der Waals surface area contributed by atoms with Crippen molar-refractivity contribution in [3.05, 3.63) is 11.4 Å². The lowest BCUT2D eigenvalue weighted by atomic mass is 11.1. The fraction of sp³-hybridized carbons (Fsp3) is 0.333. The maximum Gasteiger partial charge on any atom is 0.401 e. The molecule has 0 saturated carbocycles. The summed E-state index contributed by atoms with van der Waals surface area (Å²) in [6, 6.07) is 0. The summed E-state index contributed by atoms with van der Waals surface area (Å²) in [5, 5.41) is -1.94. The molecule has 0 bridgehead atoms. The molecule has 0 aromatic carbocycles. The summed E-state index contributed by atoms with van der Waals surface area (Å²) in [6.07, 6.45) is -2.48. The van der Waals surface area contributed by atoms with E-state index in [-0.39, 0.29) is 0 Å². The van der Waals surface area contributed by atoms with Crippen LogP contribution in [0.4, 0.5) is 22.0 Å². The highest BCUT2D eigenvalue weighted by Gasteiger charge is 2.17. The molecule has 0 aromatic rings. The minimum Gasteiger partial charge on any atom is -0.188 e. The first kappa shape index (κ1) is 13.8. The largest absolute Gasteiger partial charge is 0.401 e. The topological polar surface area (TPSA) is 0 Å². The zero-order valence-corrected chi connectivity index (χ0v) is 6.79. The van der Waals surface area contributed by atoms with Gasteiger partial charge in [0.2, 0.25) is 0 Å². The molecule has 0 nitrogen and oxygen atoms in total. The average Bonchev–Trinajstić information content (AvgIpc) is 1.59. The molecule has 0 atom stereocenters. The van der Waals surface area contributed by atoms with E-state index in [4.69, 9.17) is 0 Å². The van der Waals surface area contributed by atoms with Crippen molar-refractivity contribution in [3.63, 3.8) is 0 Å². The highest BCUT2D eigenvalue weighted by molar-refractivity contribution is 6.45. The zero-order chi connectivity index (χ0) is 9.65. The van der Waals surface area contributed by atoms with Gasteiger partial charge >= 0.3 is 10.9 Å². The molecular formula is C3Cl3F5. The molecule has 0 fully saturated rings. The summed E-state index contributed by atoms with van der Waals surface area (Å²) in [7, 11) is 0. The van der Waals surface area contributed by atoms with Gasteiger partial charge in [0.15, 0.2) is 0 Å². The molecule has 0 radical (unpaired) electrons. The standard InChI is InChI=1S/C2ClF3.CCl2F2/c3-1(4)2(5)6;2-1(3,4)5. The van der Waals surface area contributed by atoms with E-state index in [0.29, 0.717) is 0 Å². The minimum atomic E-state index is -3.56. The summed E-state index contributed by atoms with van der Waals surface area (Å²) in [5.74, 6) is 0. The molecule has 0 amide bonds. The molecule has 0 aromatic heterocycles. The first-order chi connectivity index (χ1) is 4.64. The maximum atomic E-state index is 10.7. The molecule has 0 unspecified atom stereocenters. The van der Waals surface area contributed by atoms with Crippen LogP contribution < -0.4 is 0 Å². The third-order valence-electron chi connectivity index (χ3n) is 0.143. The van der Waals surface area contributed by atoms with Crippen molar-refractivity contribution in [1.29, 1.82) is 0 Å². The molecule has 0 aliphatic carbocycles. The van der Waals surface area contributed by atoms with Gasteiger partial charge in [0.05, 0.1) is 0 Å². The van der Waals surface area contributed by atoms with Crippen molar-refractivity contribution in [3.8, 4) is 0 Å². The molecular weight excluding hydrogens is 237 g/mol. The number of alkyl halides is 4. The normalized spacial score (nSPS) is 9.82. The number of hydrogen-bond donors (Lipinski definition) is 0. The summed E-state index contributed by atoms with van der Waals surface area (Å²) < 4.78 is 52.9. The SMILES string of the molecule is FC(F)(Cl)Cl.FC(F)=C(F)Cl.